The van der Waals surface area contributed by atoms with Crippen LogP contribution in [0.5, 0.6) is 0 Å². The predicted molar refractivity (Wildman–Crippen MR) is 98.6 cm³/mol. The Balaban J connectivity index is 1.60. The van der Waals surface area contributed by atoms with E-state index in [9.17, 15) is 24.3 Å². The summed E-state index contributed by atoms with van der Waals surface area (Å²) < 4.78 is 10.2. The molecule has 0 saturated carbocycles. The Morgan fingerprint density at radius 3 is 1.41 bits per heavy atom. The van der Waals surface area contributed by atoms with E-state index in [-0.39, 0.29) is 35.5 Å². The first-order chi connectivity index (χ1) is 13.9. The van der Waals surface area contributed by atoms with Gasteiger partial charge in [0.25, 0.3) is 0 Å². The van der Waals surface area contributed by atoms with E-state index in [0.717, 1.165) is 0 Å². The topological polar surface area (TPSA) is 130 Å². The van der Waals surface area contributed by atoms with Crippen LogP contribution in [0.1, 0.15) is 60.7 Å². The van der Waals surface area contributed by atoms with Gasteiger partial charge in [-0.25, -0.2) is 14.4 Å². The number of hydrogen-bond acceptors (Lipinski definition) is 7. The monoisotopic (exact) mass is 399 g/mol. The number of carboxylic acids is 2. The number of hydrogen-bond donors (Lipinski definition) is 1. The Morgan fingerprint density at radius 1 is 0.655 bits per heavy atom. The van der Waals surface area contributed by atoms with Crippen LogP contribution in [0.2, 0.25) is 0 Å². The van der Waals surface area contributed by atoms with Crippen molar-refractivity contribution in [1.82, 2.24) is 0 Å². The molecule has 2 rings (SSSR count). The maximum Gasteiger partial charge on any atom is 0.338 e. The molecule has 8 heteroatoms. The third kappa shape index (κ3) is 6.76. The molecule has 8 nitrogen and oxygen atoms in total. The van der Waals surface area contributed by atoms with Gasteiger partial charge in [-0.3, -0.25) is 0 Å². The molecule has 0 spiro atoms. The largest absolute Gasteiger partial charge is 0.545 e. The van der Waals surface area contributed by atoms with Crippen molar-refractivity contribution in [3.63, 3.8) is 0 Å². The Morgan fingerprint density at radius 2 is 1.03 bits per heavy atom. The summed E-state index contributed by atoms with van der Waals surface area (Å²) in [6.07, 6.45) is 1.83. The number of unbranched alkanes of at least 4 members (excludes halogenated alkanes) is 2. The van der Waals surface area contributed by atoms with E-state index in [2.05, 4.69) is 0 Å². The standard InChI is InChI=1S/C21H20O8/c22-18(23)14-4-8-16(9-5-14)20(26)28-12-2-1-3-13-29-21(27)17-10-6-15(7-11-17)19(24)25/h4-11H,1-3,12-13H2,(H,22,23)(H,24,25)/p-1. The zero-order valence-electron chi connectivity index (χ0n) is 15.5. The lowest BCUT2D eigenvalue weighted by molar-refractivity contribution is -0.255. The average Bonchev–Trinajstić information content (AvgIpc) is 2.72. The minimum Gasteiger partial charge on any atom is -0.545 e. The summed E-state index contributed by atoms with van der Waals surface area (Å²) in [4.78, 5) is 45.1. The number of carboxylic acid groups (broad SMARTS) is 2. The van der Waals surface area contributed by atoms with Gasteiger partial charge in [-0.05, 0) is 61.2 Å². The quantitative estimate of drug-likeness (QED) is 0.474. The molecule has 29 heavy (non-hydrogen) atoms. The van der Waals surface area contributed by atoms with Crippen molar-refractivity contribution in [1.29, 1.82) is 0 Å². The van der Waals surface area contributed by atoms with Crippen molar-refractivity contribution in [2.24, 2.45) is 0 Å². The fourth-order valence-electron chi connectivity index (χ4n) is 2.37. The minimum atomic E-state index is -1.32. The molecule has 0 bridgehead atoms. The van der Waals surface area contributed by atoms with E-state index in [4.69, 9.17) is 14.6 Å². The molecule has 2 aromatic carbocycles. The molecule has 0 aliphatic carbocycles. The van der Waals surface area contributed by atoms with E-state index in [1.165, 1.54) is 48.5 Å². The first-order valence-corrected chi connectivity index (χ1v) is 8.87. The second-order valence-electron chi connectivity index (χ2n) is 6.08. The molecular formula is C21H19O8-. The third-order valence-corrected chi connectivity index (χ3v) is 3.98. The van der Waals surface area contributed by atoms with Crippen LogP contribution in [0.4, 0.5) is 0 Å². The van der Waals surface area contributed by atoms with Crippen molar-refractivity contribution in [2.75, 3.05) is 13.2 Å². The van der Waals surface area contributed by atoms with Gasteiger partial charge in [-0.15, -0.1) is 0 Å². The number of benzene rings is 2. The Kier molecular flexibility index (Phi) is 7.90. The highest BCUT2D eigenvalue weighted by molar-refractivity contribution is 5.93. The summed E-state index contributed by atoms with van der Waals surface area (Å²) in [5.74, 6) is -3.47. The summed E-state index contributed by atoms with van der Waals surface area (Å²) in [6.45, 7) is 0.379. The Bertz CT molecular complexity index is 795. The van der Waals surface area contributed by atoms with Crippen molar-refractivity contribution < 1.29 is 38.9 Å². The Labute approximate surface area is 166 Å². The Hall–Kier alpha value is -3.68. The zero-order chi connectivity index (χ0) is 21.2. The molecule has 0 aliphatic heterocycles. The van der Waals surface area contributed by atoms with Gasteiger partial charge < -0.3 is 24.5 Å². The number of esters is 2. The van der Waals surface area contributed by atoms with Gasteiger partial charge in [0.1, 0.15) is 0 Å². The highest BCUT2D eigenvalue weighted by atomic mass is 16.5. The van der Waals surface area contributed by atoms with Crippen LogP contribution in [0, 0.1) is 0 Å². The van der Waals surface area contributed by atoms with Crippen molar-refractivity contribution >= 4 is 23.9 Å². The van der Waals surface area contributed by atoms with Crippen LogP contribution in [0.15, 0.2) is 48.5 Å². The van der Waals surface area contributed by atoms with Gasteiger partial charge in [-0.2, -0.15) is 0 Å². The van der Waals surface area contributed by atoms with E-state index in [1.54, 1.807) is 0 Å². The SMILES string of the molecule is O=C([O-])c1ccc(C(=O)OCCCCCOC(=O)c2ccc(C(=O)O)cc2)cc1. The second kappa shape index (κ2) is 10.6. The van der Waals surface area contributed by atoms with Gasteiger partial charge in [0.15, 0.2) is 0 Å². The number of aromatic carboxylic acids is 2. The summed E-state index contributed by atoms with van der Waals surface area (Å²) >= 11 is 0. The molecule has 0 heterocycles. The molecule has 0 unspecified atom stereocenters. The van der Waals surface area contributed by atoms with Crippen LogP contribution < -0.4 is 5.11 Å². The van der Waals surface area contributed by atoms with Gasteiger partial charge in [0.05, 0.1) is 35.9 Å². The fourth-order valence-corrected chi connectivity index (χ4v) is 2.37. The van der Waals surface area contributed by atoms with Gasteiger partial charge in [-0.1, -0.05) is 12.1 Å². The summed E-state index contributed by atoms with van der Waals surface area (Å²) in [6, 6.07) is 10.7. The van der Waals surface area contributed by atoms with Crippen LogP contribution in [0.3, 0.4) is 0 Å². The normalized spacial score (nSPS) is 10.2. The lowest BCUT2D eigenvalue weighted by atomic mass is 10.1. The van der Waals surface area contributed by atoms with Crippen LogP contribution in [-0.4, -0.2) is 42.2 Å². The molecule has 2 aromatic rings. The van der Waals surface area contributed by atoms with Crippen molar-refractivity contribution in [2.45, 2.75) is 19.3 Å². The molecule has 152 valence electrons. The minimum absolute atomic E-state index is 0.0195. The highest BCUT2D eigenvalue weighted by Gasteiger charge is 2.09. The summed E-state index contributed by atoms with van der Waals surface area (Å²) in [5.41, 5.74) is 0.589. The average molecular weight is 399 g/mol. The fraction of sp³-hybridized carbons (Fsp3) is 0.238. The summed E-state index contributed by atoms with van der Waals surface area (Å²) in [5, 5.41) is 19.5. The van der Waals surface area contributed by atoms with Crippen LogP contribution in [0.25, 0.3) is 0 Å². The zero-order valence-corrected chi connectivity index (χ0v) is 15.5. The third-order valence-electron chi connectivity index (χ3n) is 3.98. The maximum atomic E-state index is 11.8. The lowest BCUT2D eigenvalue weighted by Crippen LogP contribution is -2.22. The lowest BCUT2D eigenvalue weighted by Gasteiger charge is -2.07. The molecule has 0 amide bonds. The van der Waals surface area contributed by atoms with E-state index in [1.807, 2.05) is 0 Å². The first kappa shape index (κ1) is 21.6. The van der Waals surface area contributed by atoms with Crippen molar-refractivity contribution in [3.8, 4) is 0 Å². The van der Waals surface area contributed by atoms with Crippen LogP contribution in [-0.2, 0) is 9.47 Å². The summed E-state index contributed by atoms with van der Waals surface area (Å²) in [7, 11) is 0. The van der Waals surface area contributed by atoms with E-state index < -0.39 is 23.9 Å². The highest BCUT2D eigenvalue weighted by Crippen LogP contribution is 2.08. The molecular weight excluding hydrogens is 380 g/mol. The van der Waals surface area contributed by atoms with Gasteiger partial charge >= 0.3 is 17.9 Å². The molecule has 0 aliphatic rings. The predicted octanol–water partition coefficient (Wildman–Crippen LogP) is 1.93. The first-order valence-electron chi connectivity index (χ1n) is 8.87. The molecule has 0 radical (unpaired) electrons. The molecule has 0 saturated heterocycles. The molecule has 0 aromatic heterocycles. The van der Waals surface area contributed by atoms with Crippen molar-refractivity contribution in [3.05, 3.63) is 70.8 Å². The van der Waals surface area contributed by atoms with E-state index >= 15 is 0 Å². The second-order valence-corrected chi connectivity index (χ2v) is 6.08. The number of ether oxygens (including phenoxy) is 2. The molecule has 0 fully saturated rings. The number of rotatable bonds is 10. The van der Waals surface area contributed by atoms with Crippen LogP contribution >= 0.6 is 0 Å². The van der Waals surface area contributed by atoms with Gasteiger partial charge in [0.2, 0.25) is 0 Å². The molecule has 1 N–H and O–H groups in total. The number of carbonyl (C=O) groups is 4. The van der Waals surface area contributed by atoms with E-state index in [0.29, 0.717) is 19.3 Å². The molecule has 0 atom stereocenters. The van der Waals surface area contributed by atoms with Gasteiger partial charge in [0, 0.05) is 0 Å². The smallest absolute Gasteiger partial charge is 0.338 e. The maximum absolute atomic E-state index is 11.8. The number of carbonyl (C=O) groups excluding carboxylic acids is 3.